The molecule has 0 N–H and O–H groups in total. The lowest BCUT2D eigenvalue weighted by Crippen LogP contribution is -2.41. The van der Waals surface area contributed by atoms with Gasteiger partial charge in [-0.3, -0.25) is 4.90 Å². The van der Waals surface area contributed by atoms with Gasteiger partial charge in [-0.25, -0.2) is 0 Å². The van der Waals surface area contributed by atoms with Gasteiger partial charge in [0.2, 0.25) is 0 Å². The first-order chi connectivity index (χ1) is 10.7. The summed E-state index contributed by atoms with van der Waals surface area (Å²) in [6.45, 7) is 7.24. The molecular formula is C16H21N3O2S. The second-order valence-corrected chi connectivity index (χ2v) is 7.39. The average Bonchev–Trinajstić information content (AvgIpc) is 3.19. The van der Waals surface area contributed by atoms with Crippen LogP contribution in [0.4, 0.5) is 0 Å². The second-order valence-electron chi connectivity index (χ2n) is 6.39. The van der Waals surface area contributed by atoms with Gasteiger partial charge >= 0.3 is 0 Å². The number of hydrogen-bond donors (Lipinski definition) is 0. The SMILES string of the molecule is Cc1noc([C@H]2C[C@@H]3CCN(Cc4sccc4C)C[C@H]3O2)n1. The van der Waals surface area contributed by atoms with Gasteiger partial charge in [0.05, 0.1) is 6.10 Å². The van der Waals surface area contributed by atoms with Gasteiger partial charge in [-0.15, -0.1) is 11.3 Å². The van der Waals surface area contributed by atoms with Crippen molar-refractivity contribution < 1.29 is 9.26 Å². The number of aryl methyl sites for hydroxylation is 2. The third kappa shape index (κ3) is 2.71. The Morgan fingerprint density at radius 3 is 3.05 bits per heavy atom. The van der Waals surface area contributed by atoms with Gasteiger partial charge in [0.15, 0.2) is 5.82 Å². The van der Waals surface area contributed by atoms with Crippen LogP contribution < -0.4 is 0 Å². The van der Waals surface area contributed by atoms with Gasteiger partial charge in [0, 0.05) is 18.0 Å². The Morgan fingerprint density at radius 2 is 2.32 bits per heavy atom. The topological polar surface area (TPSA) is 51.4 Å². The molecule has 4 heterocycles. The first-order valence-corrected chi connectivity index (χ1v) is 8.78. The molecule has 2 aliphatic heterocycles. The van der Waals surface area contributed by atoms with Gasteiger partial charge in [0.25, 0.3) is 5.89 Å². The number of piperidine rings is 1. The zero-order chi connectivity index (χ0) is 15.1. The largest absolute Gasteiger partial charge is 0.364 e. The Labute approximate surface area is 134 Å². The standard InChI is InChI=1S/C16H21N3O2S/c1-10-4-6-22-15(10)9-19-5-3-12-7-13(20-14(12)8-19)16-17-11(2)18-21-16/h4,6,12-14H,3,5,7-9H2,1-2H3/t12-,13+,14+/m0/s1. The fourth-order valence-corrected chi connectivity index (χ4v) is 4.46. The number of nitrogens with zero attached hydrogens (tertiary/aromatic N) is 3. The molecule has 118 valence electrons. The summed E-state index contributed by atoms with van der Waals surface area (Å²) in [4.78, 5) is 8.32. The molecule has 0 unspecified atom stereocenters. The summed E-state index contributed by atoms with van der Waals surface area (Å²) in [6, 6.07) is 2.20. The van der Waals surface area contributed by atoms with Crippen LogP contribution in [0.5, 0.6) is 0 Å². The Morgan fingerprint density at radius 1 is 1.41 bits per heavy atom. The lowest BCUT2D eigenvalue weighted by molar-refractivity contribution is -0.0188. The van der Waals surface area contributed by atoms with Crippen molar-refractivity contribution in [2.45, 2.75) is 45.4 Å². The molecule has 0 radical (unpaired) electrons. The number of rotatable bonds is 3. The highest BCUT2D eigenvalue weighted by Crippen LogP contribution is 2.40. The first-order valence-electron chi connectivity index (χ1n) is 7.90. The number of ether oxygens (including phenoxy) is 1. The zero-order valence-corrected chi connectivity index (χ0v) is 13.8. The number of thiophene rings is 1. The van der Waals surface area contributed by atoms with E-state index in [0.717, 1.165) is 26.1 Å². The van der Waals surface area contributed by atoms with E-state index < -0.39 is 0 Å². The summed E-state index contributed by atoms with van der Waals surface area (Å²) in [5, 5.41) is 6.06. The fourth-order valence-electron chi connectivity index (χ4n) is 3.51. The predicted molar refractivity (Wildman–Crippen MR) is 83.7 cm³/mol. The smallest absolute Gasteiger partial charge is 0.255 e. The van der Waals surface area contributed by atoms with Crippen molar-refractivity contribution in [3.05, 3.63) is 33.6 Å². The third-order valence-electron chi connectivity index (χ3n) is 4.79. The van der Waals surface area contributed by atoms with Crippen molar-refractivity contribution in [1.29, 1.82) is 0 Å². The van der Waals surface area contributed by atoms with Gasteiger partial charge < -0.3 is 9.26 Å². The monoisotopic (exact) mass is 319 g/mol. The van der Waals surface area contributed by atoms with E-state index >= 15 is 0 Å². The minimum absolute atomic E-state index is 0.0142. The molecule has 0 spiro atoms. The molecule has 2 aromatic rings. The van der Waals surface area contributed by atoms with Crippen molar-refractivity contribution in [1.82, 2.24) is 15.0 Å². The molecule has 5 nitrogen and oxygen atoms in total. The number of hydrogen-bond acceptors (Lipinski definition) is 6. The molecule has 22 heavy (non-hydrogen) atoms. The Balaban J connectivity index is 1.40. The Hall–Kier alpha value is -1.24. The Kier molecular flexibility index (Phi) is 3.76. The molecule has 4 rings (SSSR count). The second kappa shape index (κ2) is 5.76. The van der Waals surface area contributed by atoms with E-state index in [2.05, 4.69) is 33.4 Å². The third-order valence-corrected chi connectivity index (χ3v) is 5.80. The van der Waals surface area contributed by atoms with E-state index in [9.17, 15) is 0 Å². The quantitative estimate of drug-likeness (QED) is 0.870. The van der Waals surface area contributed by atoms with Gasteiger partial charge in [0.1, 0.15) is 6.10 Å². The van der Waals surface area contributed by atoms with Crippen molar-refractivity contribution >= 4 is 11.3 Å². The normalized spacial score (nSPS) is 28.9. The maximum Gasteiger partial charge on any atom is 0.255 e. The zero-order valence-electron chi connectivity index (χ0n) is 13.0. The molecule has 0 amide bonds. The predicted octanol–water partition coefficient (Wildman–Crippen LogP) is 3.10. The van der Waals surface area contributed by atoms with Crippen molar-refractivity contribution in [3.8, 4) is 0 Å². The molecule has 2 saturated heterocycles. The van der Waals surface area contributed by atoms with Crippen molar-refractivity contribution in [2.75, 3.05) is 13.1 Å². The maximum atomic E-state index is 6.21. The van der Waals surface area contributed by atoms with Crippen LogP contribution in [0.2, 0.25) is 0 Å². The summed E-state index contributed by atoms with van der Waals surface area (Å²) < 4.78 is 11.5. The summed E-state index contributed by atoms with van der Waals surface area (Å²) in [5.74, 6) is 1.95. The van der Waals surface area contributed by atoms with E-state index in [-0.39, 0.29) is 6.10 Å². The highest BCUT2D eigenvalue weighted by molar-refractivity contribution is 7.10. The molecule has 3 atom stereocenters. The van der Waals surface area contributed by atoms with Gasteiger partial charge in [-0.2, -0.15) is 4.98 Å². The van der Waals surface area contributed by atoms with Crippen LogP contribution >= 0.6 is 11.3 Å². The summed E-state index contributed by atoms with van der Waals surface area (Å²) in [7, 11) is 0. The van der Waals surface area contributed by atoms with Crippen LogP contribution in [0.25, 0.3) is 0 Å². The van der Waals surface area contributed by atoms with Gasteiger partial charge in [-0.1, -0.05) is 5.16 Å². The maximum absolute atomic E-state index is 6.21. The molecule has 0 saturated carbocycles. The van der Waals surface area contributed by atoms with Gasteiger partial charge in [-0.05, 0) is 56.2 Å². The first kappa shape index (κ1) is 14.4. The van der Waals surface area contributed by atoms with Crippen LogP contribution in [0.3, 0.4) is 0 Å². The van der Waals surface area contributed by atoms with E-state index in [0.29, 0.717) is 23.7 Å². The van der Waals surface area contributed by atoms with Crippen LogP contribution in [0.1, 0.15) is 41.1 Å². The van der Waals surface area contributed by atoms with Crippen LogP contribution in [0.15, 0.2) is 16.0 Å². The molecule has 2 fully saturated rings. The summed E-state index contributed by atoms with van der Waals surface area (Å²) >= 11 is 1.85. The van der Waals surface area contributed by atoms with E-state index in [1.807, 2.05) is 18.3 Å². The summed E-state index contributed by atoms with van der Waals surface area (Å²) in [5.41, 5.74) is 1.40. The number of fused-ring (bicyclic) bond motifs is 1. The average molecular weight is 319 g/mol. The number of likely N-dealkylation sites (tertiary alicyclic amines) is 1. The highest BCUT2D eigenvalue weighted by atomic mass is 32.1. The van der Waals surface area contributed by atoms with Crippen molar-refractivity contribution in [3.63, 3.8) is 0 Å². The van der Waals surface area contributed by atoms with Crippen LogP contribution in [-0.4, -0.2) is 34.2 Å². The molecule has 0 aromatic carbocycles. The molecule has 2 aliphatic rings. The minimum atomic E-state index is -0.0142. The molecule has 0 aliphatic carbocycles. The minimum Gasteiger partial charge on any atom is -0.364 e. The molecule has 0 bridgehead atoms. The van der Waals surface area contributed by atoms with Crippen molar-refractivity contribution in [2.24, 2.45) is 5.92 Å². The summed E-state index contributed by atoms with van der Waals surface area (Å²) in [6.07, 6.45) is 2.49. The molecular weight excluding hydrogens is 298 g/mol. The van der Waals surface area contributed by atoms with E-state index in [4.69, 9.17) is 9.26 Å². The molecule has 6 heteroatoms. The van der Waals surface area contributed by atoms with E-state index in [1.54, 1.807) is 0 Å². The lowest BCUT2D eigenvalue weighted by atomic mass is 9.91. The lowest BCUT2D eigenvalue weighted by Gasteiger charge is -2.33. The number of aromatic nitrogens is 2. The highest BCUT2D eigenvalue weighted by Gasteiger charge is 2.41. The van der Waals surface area contributed by atoms with Crippen LogP contribution in [-0.2, 0) is 11.3 Å². The Bertz CT molecular complexity index is 653. The van der Waals surface area contributed by atoms with Crippen LogP contribution in [0, 0.1) is 19.8 Å². The van der Waals surface area contributed by atoms with E-state index in [1.165, 1.54) is 16.9 Å². The fraction of sp³-hybridized carbons (Fsp3) is 0.625. The molecule has 2 aromatic heterocycles.